The average molecular weight is 496 g/mol. The second-order valence-corrected chi connectivity index (χ2v) is 9.71. The molecule has 0 spiro atoms. The van der Waals surface area contributed by atoms with Crippen LogP contribution < -0.4 is 10.2 Å². The van der Waals surface area contributed by atoms with Gasteiger partial charge in [0, 0.05) is 18.5 Å². The summed E-state index contributed by atoms with van der Waals surface area (Å²) in [6, 6.07) is 14.4. The maximum Gasteiger partial charge on any atom is 0.159 e. The maximum atomic E-state index is 13.3. The minimum absolute atomic E-state index is 0.0160. The van der Waals surface area contributed by atoms with Gasteiger partial charge in [-0.05, 0) is 65.7 Å². The van der Waals surface area contributed by atoms with Crippen LogP contribution in [0.1, 0.15) is 58.6 Å². The van der Waals surface area contributed by atoms with Crippen LogP contribution >= 0.6 is 12.2 Å². The van der Waals surface area contributed by atoms with Gasteiger partial charge in [0.15, 0.2) is 5.78 Å². The Bertz CT molecular complexity index is 999. The van der Waals surface area contributed by atoms with E-state index < -0.39 is 0 Å². The summed E-state index contributed by atoms with van der Waals surface area (Å²) >= 11 is 5.68. The van der Waals surface area contributed by atoms with Gasteiger partial charge >= 0.3 is 0 Å². The number of carbonyl (C=O) groups is 1. The zero-order valence-electron chi connectivity index (χ0n) is 22.3. The molecule has 2 aromatic carbocycles. The number of hydroxylamine groups is 1. The molecule has 2 aromatic rings. The summed E-state index contributed by atoms with van der Waals surface area (Å²) in [5.74, 6) is 1.10. The summed E-state index contributed by atoms with van der Waals surface area (Å²) in [6.45, 7) is 10.4. The Labute approximate surface area is 217 Å². The van der Waals surface area contributed by atoms with Crippen molar-refractivity contribution in [2.45, 2.75) is 60.0 Å². The zero-order chi connectivity index (χ0) is 26.0. The van der Waals surface area contributed by atoms with Crippen LogP contribution in [-0.2, 0) is 16.1 Å². The number of ether oxygens (including phenoxy) is 1. The second kappa shape index (κ2) is 14.3. The molecule has 190 valence electrons. The summed E-state index contributed by atoms with van der Waals surface area (Å²) in [4.78, 5) is 19.8. The summed E-state index contributed by atoms with van der Waals surface area (Å²) < 4.78 is 5.69. The number of para-hydroxylation sites is 1. The van der Waals surface area contributed by atoms with E-state index in [0.29, 0.717) is 12.3 Å². The van der Waals surface area contributed by atoms with Crippen molar-refractivity contribution in [2.75, 3.05) is 14.2 Å². The fraction of sp³-hybridized carbons (Fsp3) is 0.467. The van der Waals surface area contributed by atoms with Crippen LogP contribution in [0.4, 0.5) is 0 Å². The Morgan fingerprint density at radius 1 is 1.09 bits per heavy atom. The van der Waals surface area contributed by atoms with Crippen molar-refractivity contribution >= 4 is 28.9 Å². The molecule has 1 N–H and O–H groups in total. The molecule has 0 radical (unpaired) electrons. The zero-order valence-corrected chi connectivity index (χ0v) is 23.1. The van der Waals surface area contributed by atoms with Crippen LogP contribution in [0, 0.1) is 17.8 Å². The van der Waals surface area contributed by atoms with Gasteiger partial charge in [0.1, 0.15) is 5.75 Å². The predicted octanol–water partition coefficient (Wildman–Crippen LogP) is 7.10. The van der Waals surface area contributed by atoms with Gasteiger partial charge in [-0.15, -0.1) is 0 Å². The number of aryl methyl sites for hydroxylation is 1. The first kappa shape index (κ1) is 28.9. The molecule has 0 fully saturated rings. The van der Waals surface area contributed by atoms with E-state index in [1.165, 1.54) is 5.56 Å². The van der Waals surface area contributed by atoms with Crippen LogP contribution in [0.15, 0.2) is 48.5 Å². The first-order valence-electron chi connectivity index (χ1n) is 12.6. The molecule has 5 heteroatoms. The quantitative estimate of drug-likeness (QED) is 0.172. The topological polar surface area (TPSA) is 47.6 Å². The third-order valence-electron chi connectivity index (χ3n) is 6.97. The number of ketones is 1. The Kier molecular flexibility index (Phi) is 11.8. The molecule has 0 aliphatic heterocycles. The van der Waals surface area contributed by atoms with Crippen molar-refractivity contribution in [1.29, 1.82) is 0 Å². The molecule has 0 saturated heterocycles. The number of hydrogen-bond acceptors (Lipinski definition) is 5. The molecular weight excluding hydrogens is 454 g/mol. The molecule has 0 aliphatic carbocycles. The summed E-state index contributed by atoms with van der Waals surface area (Å²) in [5, 5.41) is 0. The minimum Gasteiger partial charge on any atom is -0.496 e. The molecule has 4 nitrogen and oxygen atoms in total. The number of methoxy groups -OCH3 is 1. The van der Waals surface area contributed by atoms with E-state index in [-0.39, 0.29) is 23.7 Å². The normalized spacial score (nSPS) is 14.9. The molecule has 2 rings (SSSR count). The molecular formula is C30H41NO3S. The molecule has 35 heavy (non-hydrogen) atoms. The fourth-order valence-corrected chi connectivity index (χ4v) is 4.57. The molecule has 0 saturated carbocycles. The lowest BCUT2D eigenvalue weighted by Crippen LogP contribution is -2.34. The number of hydrogen-bond donors (Lipinski definition) is 1. The number of rotatable bonds is 14. The van der Waals surface area contributed by atoms with Crippen LogP contribution in [0.25, 0.3) is 17.2 Å². The largest absolute Gasteiger partial charge is 0.496 e. The van der Waals surface area contributed by atoms with Gasteiger partial charge in [-0.3, -0.25) is 9.63 Å². The van der Waals surface area contributed by atoms with Crippen LogP contribution in [0.3, 0.4) is 0 Å². The minimum atomic E-state index is -0.226. The highest BCUT2D eigenvalue weighted by atomic mass is 32.1. The average Bonchev–Trinajstić information content (AvgIpc) is 2.89. The first-order valence-corrected chi connectivity index (χ1v) is 13.0. The first-order chi connectivity index (χ1) is 16.8. The third-order valence-corrected chi connectivity index (χ3v) is 7.54. The number of thiocarbonyl (C=S) groups is 1. The van der Waals surface area contributed by atoms with E-state index in [1.54, 1.807) is 20.2 Å². The maximum absolute atomic E-state index is 13.3. The Morgan fingerprint density at radius 3 is 2.34 bits per heavy atom. The number of nitrogens with one attached hydrogen (secondary N) is 1. The van der Waals surface area contributed by atoms with Crippen molar-refractivity contribution in [3.05, 3.63) is 59.7 Å². The molecule has 0 amide bonds. The van der Waals surface area contributed by atoms with Crippen molar-refractivity contribution in [1.82, 2.24) is 5.48 Å². The van der Waals surface area contributed by atoms with E-state index in [9.17, 15) is 4.79 Å². The van der Waals surface area contributed by atoms with Gasteiger partial charge in [-0.25, -0.2) is 5.48 Å². The van der Waals surface area contributed by atoms with Gasteiger partial charge in [-0.1, -0.05) is 88.5 Å². The highest BCUT2D eigenvalue weighted by molar-refractivity contribution is 7.80. The van der Waals surface area contributed by atoms with Crippen molar-refractivity contribution in [3.8, 4) is 16.9 Å². The lowest BCUT2D eigenvalue weighted by molar-refractivity contribution is -0.122. The van der Waals surface area contributed by atoms with Gasteiger partial charge < -0.3 is 4.74 Å². The van der Waals surface area contributed by atoms with E-state index >= 15 is 0 Å². The number of benzene rings is 2. The van der Waals surface area contributed by atoms with Gasteiger partial charge in [0.2, 0.25) is 0 Å². The standard InChI is InChI=1S/C30H41NO3S/c1-8-20(3)29(35)19-27(21(4)22(5)34-31-6)28(32)18-15-23-13-16-25(17-14-23)26-12-10-11-24(9-2)30(26)33-7/h10-18,20-22,27,31H,8-9,19H2,1-7H3. The number of carbonyl (C=O) groups excluding carboxylic acids is 1. The molecule has 4 atom stereocenters. The molecule has 4 unspecified atom stereocenters. The Hall–Kier alpha value is -2.34. The third kappa shape index (κ3) is 7.83. The number of allylic oxidation sites excluding steroid dienone is 1. The predicted molar refractivity (Wildman–Crippen MR) is 151 cm³/mol. The molecule has 0 heterocycles. The van der Waals surface area contributed by atoms with Crippen LogP contribution in [0.5, 0.6) is 5.75 Å². The lowest BCUT2D eigenvalue weighted by atomic mass is 9.81. The van der Waals surface area contributed by atoms with Crippen LogP contribution in [-0.4, -0.2) is 30.9 Å². The SMILES string of the molecule is CCc1cccc(-c2ccc(C=CC(=O)C(CC(=S)C(C)CC)C(C)C(C)ONC)cc2)c1OC. The van der Waals surface area contributed by atoms with Gasteiger partial charge in [0.25, 0.3) is 0 Å². The Balaban J connectivity index is 2.23. The second-order valence-electron chi connectivity index (χ2n) is 9.18. The highest BCUT2D eigenvalue weighted by Crippen LogP contribution is 2.33. The monoisotopic (exact) mass is 495 g/mol. The molecule has 0 aliphatic rings. The van der Waals surface area contributed by atoms with E-state index in [2.05, 4.69) is 63.5 Å². The van der Waals surface area contributed by atoms with E-state index in [0.717, 1.165) is 40.1 Å². The lowest BCUT2D eigenvalue weighted by Gasteiger charge is -2.28. The van der Waals surface area contributed by atoms with Gasteiger partial charge in [0.05, 0.1) is 13.2 Å². The fourth-order valence-electron chi connectivity index (χ4n) is 4.22. The summed E-state index contributed by atoms with van der Waals surface area (Å²) in [6.07, 6.45) is 5.96. The Morgan fingerprint density at radius 2 is 1.77 bits per heavy atom. The smallest absolute Gasteiger partial charge is 0.159 e. The summed E-state index contributed by atoms with van der Waals surface area (Å²) in [5.41, 5.74) is 7.07. The highest BCUT2D eigenvalue weighted by Gasteiger charge is 2.30. The molecule has 0 bridgehead atoms. The molecule has 0 aromatic heterocycles. The van der Waals surface area contributed by atoms with Crippen LogP contribution in [0.2, 0.25) is 0 Å². The van der Waals surface area contributed by atoms with Crippen molar-refractivity contribution in [2.24, 2.45) is 17.8 Å². The van der Waals surface area contributed by atoms with E-state index in [1.807, 2.05) is 25.1 Å². The summed E-state index contributed by atoms with van der Waals surface area (Å²) in [7, 11) is 3.45. The van der Waals surface area contributed by atoms with Gasteiger partial charge in [-0.2, -0.15) is 0 Å². The van der Waals surface area contributed by atoms with Crippen molar-refractivity contribution in [3.63, 3.8) is 0 Å². The van der Waals surface area contributed by atoms with E-state index in [4.69, 9.17) is 21.8 Å². The van der Waals surface area contributed by atoms with Crippen molar-refractivity contribution < 1.29 is 14.4 Å².